The van der Waals surface area contributed by atoms with Crippen molar-refractivity contribution in [2.24, 2.45) is 0 Å². The fourth-order valence-corrected chi connectivity index (χ4v) is 7.88. The second-order valence-corrected chi connectivity index (χ2v) is 11.2. The SMILES string of the molecule is O=C(OCc1nnc(-c2cc3c(s2)CCCC3)o1)[C@H]1CS[C@]2(c3ccc(F)cc3)CCC(=O)N12. The van der Waals surface area contributed by atoms with Crippen LogP contribution < -0.4 is 0 Å². The molecule has 0 unspecified atom stereocenters. The molecule has 3 aliphatic rings. The first-order valence-corrected chi connectivity index (χ1v) is 13.2. The Balaban J connectivity index is 1.15. The first-order chi connectivity index (χ1) is 16.5. The van der Waals surface area contributed by atoms with E-state index in [9.17, 15) is 14.0 Å². The largest absolute Gasteiger partial charge is 0.454 e. The lowest BCUT2D eigenvalue weighted by molar-refractivity contribution is -0.155. The highest BCUT2D eigenvalue weighted by Crippen LogP contribution is 2.54. The third-order valence-electron chi connectivity index (χ3n) is 6.71. The van der Waals surface area contributed by atoms with E-state index in [1.165, 1.54) is 47.2 Å². The number of thiophene rings is 1. The number of aromatic nitrogens is 2. The van der Waals surface area contributed by atoms with Gasteiger partial charge in [-0.05, 0) is 61.4 Å². The minimum absolute atomic E-state index is 0.0991. The van der Waals surface area contributed by atoms with E-state index in [1.54, 1.807) is 28.4 Å². The number of fused-ring (bicyclic) bond motifs is 2. The van der Waals surface area contributed by atoms with Crippen LogP contribution in [0.1, 0.15) is 47.6 Å². The molecule has 1 aliphatic carbocycles. The zero-order valence-electron chi connectivity index (χ0n) is 18.3. The molecular formula is C24H22FN3O4S2. The molecule has 7 nitrogen and oxygen atoms in total. The monoisotopic (exact) mass is 499 g/mol. The van der Waals surface area contributed by atoms with Crippen LogP contribution in [0, 0.1) is 5.82 Å². The number of hydrogen-bond donors (Lipinski definition) is 0. The molecule has 4 heterocycles. The minimum Gasteiger partial charge on any atom is -0.454 e. The van der Waals surface area contributed by atoms with E-state index < -0.39 is 16.9 Å². The number of amides is 1. The van der Waals surface area contributed by atoms with E-state index in [0.29, 0.717) is 24.5 Å². The Hall–Kier alpha value is -2.72. The van der Waals surface area contributed by atoms with Crippen molar-refractivity contribution in [1.29, 1.82) is 0 Å². The maximum atomic E-state index is 13.4. The molecule has 1 amide bonds. The van der Waals surface area contributed by atoms with Crippen molar-refractivity contribution in [2.75, 3.05) is 5.75 Å². The van der Waals surface area contributed by atoms with Gasteiger partial charge in [-0.3, -0.25) is 4.79 Å². The summed E-state index contributed by atoms with van der Waals surface area (Å²) in [4.78, 5) is 29.0. The lowest BCUT2D eigenvalue weighted by atomic mass is 9.99. The summed E-state index contributed by atoms with van der Waals surface area (Å²) >= 11 is 3.21. The predicted molar refractivity (Wildman–Crippen MR) is 124 cm³/mol. The number of halogens is 1. The van der Waals surface area contributed by atoms with Crippen molar-refractivity contribution in [3.05, 3.63) is 58.0 Å². The first kappa shape index (κ1) is 21.8. The van der Waals surface area contributed by atoms with Crippen LogP contribution >= 0.6 is 23.1 Å². The molecule has 0 spiro atoms. The highest BCUT2D eigenvalue weighted by molar-refractivity contribution is 8.00. The molecule has 0 saturated carbocycles. The molecule has 0 radical (unpaired) electrons. The van der Waals surface area contributed by atoms with E-state index in [0.717, 1.165) is 23.3 Å². The highest BCUT2D eigenvalue weighted by atomic mass is 32.2. The second-order valence-electron chi connectivity index (χ2n) is 8.76. The number of benzene rings is 1. The highest BCUT2D eigenvalue weighted by Gasteiger charge is 2.57. The van der Waals surface area contributed by atoms with Gasteiger partial charge in [0.1, 0.15) is 16.7 Å². The average molecular weight is 500 g/mol. The number of carbonyl (C=O) groups is 2. The molecule has 2 atom stereocenters. The molecule has 0 N–H and O–H groups in total. The minimum atomic E-state index is -0.712. The number of carbonyl (C=O) groups excluding carboxylic acids is 2. The molecule has 2 aliphatic heterocycles. The Labute approximate surface area is 203 Å². The Morgan fingerprint density at radius 3 is 2.85 bits per heavy atom. The summed E-state index contributed by atoms with van der Waals surface area (Å²) in [6.07, 6.45) is 5.50. The van der Waals surface area contributed by atoms with Gasteiger partial charge in [0.15, 0.2) is 6.61 Å². The molecule has 2 aromatic heterocycles. The van der Waals surface area contributed by atoms with Crippen LogP contribution in [-0.2, 0) is 38.6 Å². The van der Waals surface area contributed by atoms with Gasteiger partial charge in [0.2, 0.25) is 5.91 Å². The number of esters is 1. The Morgan fingerprint density at radius 2 is 2.03 bits per heavy atom. The topological polar surface area (TPSA) is 85.5 Å². The second kappa shape index (κ2) is 8.49. The van der Waals surface area contributed by atoms with Crippen molar-refractivity contribution in [1.82, 2.24) is 15.1 Å². The zero-order chi connectivity index (χ0) is 23.3. The third kappa shape index (κ3) is 3.63. The summed E-state index contributed by atoms with van der Waals surface area (Å²) in [7, 11) is 0. The predicted octanol–water partition coefficient (Wildman–Crippen LogP) is 4.45. The van der Waals surface area contributed by atoms with Crippen molar-refractivity contribution in [3.8, 4) is 10.8 Å². The van der Waals surface area contributed by atoms with Gasteiger partial charge in [-0.25, -0.2) is 9.18 Å². The van der Waals surface area contributed by atoms with Crippen LogP contribution in [0.5, 0.6) is 0 Å². The number of rotatable bonds is 5. The molecule has 6 rings (SSSR count). The van der Waals surface area contributed by atoms with Gasteiger partial charge < -0.3 is 14.1 Å². The molecule has 0 bridgehead atoms. The summed E-state index contributed by atoms with van der Waals surface area (Å²) in [5, 5.41) is 8.17. The Kier molecular flexibility index (Phi) is 5.44. The van der Waals surface area contributed by atoms with Gasteiger partial charge >= 0.3 is 5.97 Å². The molecule has 176 valence electrons. The molecule has 2 saturated heterocycles. The number of ether oxygens (including phenoxy) is 1. The van der Waals surface area contributed by atoms with Crippen molar-refractivity contribution < 1.29 is 23.1 Å². The molecule has 3 aromatic rings. The molecule has 34 heavy (non-hydrogen) atoms. The van der Waals surface area contributed by atoms with Gasteiger partial charge in [-0.1, -0.05) is 12.1 Å². The van der Waals surface area contributed by atoms with Crippen molar-refractivity contribution in [2.45, 2.75) is 56.0 Å². The van der Waals surface area contributed by atoms with E-state index in [1.807, 2.05) is 0 Å². The molecule has 10 heteroatoms. The zero-order valence-corrected chi connectivity index (χ0v) is 19.9. The van der Waals surface area contributed by atoms with Gasteiger partial charge in [0.05, 0.1) is 4.88 Å². The van der Waals surface area contributed by atoms with E-state index in [2.05, 4.69) is 16.3 Å². The van der Waals surface area contributed by atoms with Crippen molar-refractivity contribution in [3.63, 3.8) is 0 Å². The van der Waals surface area contributed by atoms with Crippen LogP contribution in [0.4, 0.5) is 4.39 Å². The summed E-state index contributed by atoms with van der Waals surface area (Å²) in [5.74, 6) is 0.134. The smallest absolute Gasteiger partial charge is 0.330 e. The maximum Gasteiger partial charge on any atom is 0.330 e. The van der Waals surface area contributed by atoms with Gasteiger partial charge in [-0.15, -0.1) is 33.3 Å². The Morgan fingerprint density at radius 1 is 1.21 bits per heavy atom. The summed E-state index contributed by atoms with van der Waals surface area (Å²) in [6.45, 7) is -0.149. The number of aryl methyl sites for hydroxylation is 2. The summed E-state index contributed by atoms with van der Waals surface area (Å²) in [5.41, 5.74) is 2.18. The molecular weight excluding hydrogens is 477 g/mol. The van der Waals surface area contributed by atoms with Crippen LogP contribution in [0.3, 0.4) is 0 Å². The standard InChI is InChI=1S/C24H22FN3O4S2/c25-16-7-5-15(6-8-16)24-10-9-21(29)28(24)17(13-33-24)23(30)31-12-20-26-27-22(32-20)19-11-14-3-1-2-4-18(14)34-19/h5-8,11,17H,1-4,9-10,12-13H2/t17-,24+/m1/s1. The maximum absolute atomic E-state index is 13.4. The fraction of sp³-hybridized carbons (Fsp3) is 0.417. The van der Waals surface area contributed by atoms with Crippen LogP contribution in [0.25, 0.3) is 10.8 Å². The number of hydrogen-bond acceptors (Lipinski definition) is 8. The lowest BCUT2D eigenvalue weighted by Crippen LogP contribution is -2.46. The fourth-order valence-electron chi connectivity index (χ4n) is 5.06. The van der Waals surface area contributed by atoms with Crippen LogP contribution in [-0.4, -0.2) is 38.8 Å². The third-order valence-corrected chi connectivity index (χ3v) is 9.53. The summed E-state index contributed by atoms with van der Waals surface area (Å²) < 4.78 is 24.7. The lowest BCUT2D eigenvalue weighted by Gasteiger charge is -2.33. The van der Waals surface area contributed by atoms with Gasteiger partial charge in [0.25, 0.3) is 11.8 Å². The van der Waals surface area contributed by atoms with Crippen molar-refractivity contribution >= 4 is 35.0 Å². The van der Waals surface area contributed by atoms with Crippen LogP contribution in [0.15, 0.2) is 34.7 Å². The number of nitrogens with zero attached hydrogens (tertiary/aromatic N) is 3. The quantitative estimate of drug-likeness (QED) is 0.480. The summed E-state index contributed by atoms with van der Waals surface area (Å²) in [6, 6.07) is 7.54. The van der Waals surface area contributed by atoms with E-state index >= 15 is 0 Å². The molecule has 1 aromatic carbocycles. The van der Waals surface area contributed by atoms with Crippen LogP contribution in [0.2, 0.25) is 0 Å². The van der Waals surface area contributed by atoms with Gasteiger partial charge in [-0.2, -0.15) is 0 Å². The number of thioether (sulfide) groups is 1. The normalized spacial score (nSPS) is 23.7. The molecule has 2 fully saturated rings. The van der Waals surface area contributed by atoms with E-state index in [4.69, 9.17) is 9.15 Å². The van der Waals surface area contributed by atoms with E-state index in [-0.39, 0.29) is 24.2 Å². The van der Waals surface area contributed by atoms with Gasteiger partial charge in [0, 0.05) is 17.1 Å². The Bertz CT molecular complexity index is 1230. The first-order valence-electron chi connectivity index (χ1n) is 11.4. The average Bonchev–Trinajstić information content (AvgIpc) is 3.62.